The van der Waals surface area contributed by atoms with Crippen molar-refractivity contribution in [2.75, 3.05) is 7.11 Å². The van der Waals surface area contributed by atoms with Crippen LogP contribution in [0.1, 0.15) is 5.56 Å². The van der Waals surface area contributed by atoms with Crippen molar-refractivity contribution in [1.29, 1.82) is 0 Å². The van der Waals surface area contributed by atoms with E-state index in [0.717, 1.165) is 37.0 Å². The van der Waals surface area contributed by atoms with Crippen LogP contribution >= 0.6 is 22.6 Å². The number of carbonyl (C=O) groups is 1. The molecule has 0 unspecified atom stereocenters. The molecule has 0 aliphatic heterocycles. The van der Waals surface area contributed by atoms with Crippen LogP contribution in [0.5, 0.6) is 5.75 Å². The summed E-state index contributed by atoms with van der Waals surface area (Å²) in [6, 6.07) is 13.6. The predicted molar refractivity (Wildman–Crippen MR) is 94.3 cm³/mol. The summed E-state index contributed by atoms with van der Waals surface area (Å²) < 4.78 is 6.48. The van der Waals surface area contributed by atoms with E-state index in [1.807, 2.05) is 42.5 Å². The third-order valence-corrected chi connectivity index (χ3v) is 4.24. The van der Waals surface area contributed by atoms with Crippen LogP contribution in [0.15, 0.2) is 42.5 Å². The minimum absolute atomic E-state index is 0.0343. The lowest BCUT2D eigenvalue weighted by Gasteiger charge is -2.08. The standard InChI is InChI=1S/C17H14INO3/c1-22-15-5-3-2-4-11(15)17-13(9-16(20)21)12-8-10(18)6-7-14(12)19-17/h2-8,19H,9H2,1H3,(H,20,21). The van der Waals surface area contributed by atoms with Crippen LogP contribution in [0.3, 0.4) is 0 Å². The molecule has 0 fully saturated rings. The summed E-state index contributed by atoms with van der Waals surface area (Å²) in [5.74, 6) is -0.133. The zero-order chi connectivity index (χ0) is 15.7. The Balaban J connectivity index is 2.30. The largest absolute Gasteiger partial charge is 0.496 e. The number of benzene rings is 2. The van der Waals surface area contributed by atoms with Crippen LogP contribution < -0.4 is 4.74 Å². The molecule has 0 radical (unpaired) electrons. The van der Waals surface area contributed by atoms with E-state index in [9.17, 15) is 9.90 Å². The molecule has 1 heterocycles. The van der Waals surface area contributed by atoms with Crippen LogP contribution in [0.25, 0.3) is 22.2 Å². The predicted octanol–water partition coefficient (Wildman–Crippen LogP) is 4.08. The van der Waals surface area contributed by atoms with Gasteiger partial charge in [0.1, 0.15) is 5.75 Å². The van der Waals surface area contributed by atoms with Gasteiger partial charge in [-0.25, -0.2) is 0 Å². The maximum atomic E-state index is 11.3. The normalized spacial score (nSPS) is 10.8. The quantitative estimate of drug-likeness (QED) is 0.641. The molecule has 2 aromatic carbocycles. The number of aromatic nitrogens is 1. The molecule has 3 aromatic rings. The zero-order valence-electron chi connectivity index (χ0n) is 11.9. The first kappa shape index (κ1) is 14.9. The fourth-order valence-electron chi connectivity index (χ4n) is 2.64. The molecule has 0 saturated carbocycles. The molecule has 2 N–H and O–H groups in total. The molecule has 22 heavy (non-hydrogen) atoms. The van der Waals surface area contributed by atoms with Crippen molar-refractivity contribution in [2.45, 2.75) is 6.42 Å². The van der Waals surface area contributed by atoms with E-state index < -0.39 is 5.97 Å². The van der Waals surface area contributed by atoms with E-state index in [-0.39, 0.29) is 6.42 Å². The van der Waals surface area contributed by atoms with E-state index in [1.165, 1.54) is 0 Å². The Labute approximate surface area is 141 Å². The highest BCUT2D eigenvalue weighted by Gasteiger charge is 2.18. The third kappa shape index (κ3) is 2.68. The van der Waals surface area contributed by atoms with Gasteiger partial charge in [0.05, 0.1) is 19.2 Å². The van der Waals surface area contributed by atoms with Gasteiger partial charge >= 0.3 is 5.97 Å². The highest BCUT2D eigenvalue weighted by Crippen LogP contribution is 2.36. The summed E-state index contributed by atoms with van der Waals surface area (Å²) in [5, 5.41) is 10.2. The van der Waals surface area contributed by atoms with Crippen LogP contribution in [0.2, 0.25) is 0 Å². The summed E-state index contributed by atoms with van der Waals surface area (Å²) in [5.41, 5.74) is 3.38. The van der Waals surface area contributed by atoms with Crippen molar-refractivity contribution in [3.63, 3.8) is 0 Å². The Morgan fingerprint density at radius 3 is 2.77 bits per heavy atom. The number of methoxy groups -OCH3 is 1. The van der Waals surface area contributed by atoms with Crippen molar-refractivity contribution >= 4 is 39.5 Å². The minimum atomic E-state index is -0.851. The lowest BCUT2D eigenvalue weighted by molar-refractivity contribution is -0.136. The van der Waals surface area contributed by atoms with Crippen molar-refractivity contribution in [3.8, 4) is 17.0 Å². The molecular weight excluding hydrogens is 393 g/mol. The molecule has 112 valence electrons. The smallest absolute Gasteiger partial charge is 0.307 e. The molecule has 0 aliphatic rings. The van der Waals surface area contributed by atoms with E-state index >= 15 is 0 Å². The van der Waals surface area contributed by atoms with Crippen molar-refractivity contribution in [3.05, 3.63) is 51.6 Å². The number of hydrogen-bond acceptors (Lipinski definition) is 2. The van der Waals surface area contributed by atoms with Crippen LogP contribution in [-0.4, -0.2) is 23.2 Å². The van der Waals surface area contributed by atoms with Gasteiger partial charge in [-0.3, -0.25) is 4.79 Å². The molecule has 0 spiro atoms. The number of aliphatic carboxylic acids is 1. The SMILES string of the molecule is COc1ccccc1-c1[nH]c2ccc(I)cc2c1CC(=O)O. The lowest BCUT2D eigenvalue weighted by atomic mass is 10.0. The van der Waals surface area contributed by atoms with Gasteiger partial charge in [-0.1, -0.05) is 12.1 Å². The fraction of sp³-hybridized carbons (Fsp3) is 0.118. The Bertz CT molecular complexity index is 854. The Hall–Kier alpha value is -2.02. The van der Waals surface area contributed by atoms with E-state index in [0.29, 0.717) is 0 Å². The molecule has 0 amide bonds. The Kier molecular flexibility index (Phi) is 4.06. The molecule has 0 atom stereocenters. The number of carboxylic acids is 1. The summed E-state index contributed by atoms with van der Waals surface area (Å²) in [6.07, 6.45) is -0.0343. The number of hydrogen-bond donors (Lipinski definition) is 2. The number of aromatic amines is 1. The average molecular weight is 407 g/mol. The van der Waals surface area contributed by atoms with Gasteiger partial charge in [-0.15, -0.1) is 0 Å². The maximum Gasteiger partial charge on any atom is 0.307 e. The molecule has 0 aliphatic carbocycles. The monoisotopic (exact) mass is 407 g/mol. The van der Waals surface area contributed by atoms with Crippen molar-refractivity contribution < 1.29 is 14.6 Å². The summed E-state index contributed by atoms with van der Waals surface area (Å²) in [4.78, 5) is 14.6. The molecule has 1 aromatic heterocycles. The second kappa shape index (κ2) is 6.00. The number of nitrogens with one attached hydrogen (secondary N) is 1. The van der Waals surface area contributed by atoms with Gasteiger partial charge in [0.2, 0.25) is 0 Å². The van der Waals surface area contributed by atoms with Crippen LogP contribution in [-0.2, 0) is 11.2 Å². The van der Waals surface area contributed by atoms with Gasteiger partial charge in [-0.05, 0) is 58.5 Å². The van der Waals surface area contributed by atoms with Crippen molar-refractivity contribution in [2.24, 2.45) is 0 Å². The van der Waals surface area contributed by atoms with Crippen molar-refractivity contribution in [1.82, 2.24) is 4.98 Å². The van der Waals surface area contributed by atoms with Gasteiger partial charge in [-0.2, -0.15) is 0 Å². The molecule has 4 nitrogen and oxygen atoms in total. The minimum Gasteiger partial charge on any atom is -0.496 e. The molecule has 5 heteroatoms. The first-order chi connectivity index (χ1) is 10.6. The summed E-state index contributed by atoms with van der Waals surface area (Å²) in [6.45, 7) is 0. The number of H-pyrrole nitrogens is 1. The third-order valence-electron chi connectivity index (χ3n) is 3.57. The average Bonchev–Trinajstić information content (AvgIpc) is 2.84. The highest BCUT2D eigenvalue weighted by atomic mass is 127. The highest BCUT2D eigenvalue weighted by molar-refractivity contribution is 14.1. The topological polar surface area (TPSA) is 62.3 Å². The number of rotatable bonds is 4. The summed E-state index contributed by atoms with van der Waals surface area (Å²) >= 11 is 2.23. The Morgan fingerprint density at radius 1 is 1.27 bits per heavy atom. The molecule has 3 rings (SSSR count). The lowest BCUT2D eigenvalue weighted by Crippen LogP contribution is -2.01. The number of para-hydroxylation sites is 1. The van der Waals surface area contributed by atoms with E-state index in [4.69, 9.17) is 4.74 Å². The number of halogens is 1. The van der Waals surface area contributed by atoms with Crippen LogP contribution in [0, 0.1) is 3.57 Å². The number of ether oxygens (including phenoxy) is 1. The molecule has 0 bridgehead atoms. The summed E-state index contributed by atoms with van der Waals surface area (Å²) in [7, 11) is 1.61. The fourth-order valence-corrected chi connectivity index (χ4v) is 3.13. The maximum absolute atomic E-state index is 11.3. The second-order valence-corrected chi connectivity index (χ2v) is 6.18. The van der Waals surface area contributed by atoms with E-state index in [2.05, 4.69) is 27.6 Å². The van der Waals surface area contributed by atoms with Crippen LogP contribution in [0.4, 0.5) is 0 Å². The Morgan fingerprint density at radius 2 is 2.05 bits per heavy atom. The van der Waals surface area contributed by atoms with Gasteiger partial charge in [0.25, 0.3) is 0 Å². The molecule has 0 saturated heterocycles. The van der Waals surface area contributed by atoms with Gasteiger partial charge in [0, 0.05) is 20.0 Å². The zero-order valence-corrected chi connectivity index (χ0v) is 14.0. The first-order valence-electron chi connectivity index (χ1n) is 6.75. The first-order valence-corrected chi connectivity index (χ1v) is 7.83. The number of fused-ring (bicyclic) bond motifs is 1. The second-order valence-electron chi connectivity index (χ2n) is 4.94. The van der Waals surface area contributed by atoms with Gasteiger partial charge < -0.3 is 14.8 Å². The van der Waals surface area contributed by atoms with E-state index in [1.54, 1.807) is 7.11 Å². The number of carboxylic acid groups (broad SMARTS) is 1. The molecular formula is C17H14INO3. The van der Waals surface area contributed by atoms with Gasteiger partial charge in [0.15, 0.2) is 0 Å².